The maximum Gasteiger partial charge on any atom is 0.193 e. The second kappa shape index (κ2) is 8.34. The Hall–Kier alpha value is -2.81. The Morgan fingerprint density at radius 1 is 1.44 bits per heavy atom. The van der Waals surface area contributed by atoms with E-state index in [0.29, 0.717) is 18.0 Å². The lowest BCUT2D eigenvalue weighted by atomic mass is 10.1. The monoisotopic (exact) mass is 338 g/mol. The number of nitriles is 1. The van der Waals surface area contributed by atoms with Crippen LogP contribution in [0.5, 0.6) is 0 Å². The minimum absolute atomic E-state index is 0.383. The average Bonchev–Trinajstić information content (AvgIpc) is 2.96. The van der Waals surface area contributed by atoms with Crippen LogP contribution >= 0.6 is 0 Å². The number of guanidine groups is 1. The summed E-state index contributed by atoms with van der Waals surface area (Å²) in [6, 6.07) is 9.75. The van der Waals surface area contributed by atoms with Crippen molar-refractivity contribution in [3.8, 4) is 6.07 Å². The summed E-state index contributed by atoms with van der Waals surface area (Å²) in [6.07, 6.45) is 2.06. The molecule has 1 aromatic carbocycles. The molecule has 0 atom stereocenters. The highest BCUT2D eigenvalue weighted by Gasteiger charge is 2.15. The summed E-state index contributed by atoms with van der Waals surface area (Å²) in [6.45, 7) is 5.66. The maximum atomic E-state index is 9.00. The van der Waals surface area contributed by atoms with E-state index >= 15 is 0 Å². The van der Waals surface area contributed by atoms with Crippen LogP contribution in [-0.4, -0.2) is 34.7 Å². The van der Waals surface area contributed by atoms with Crippen LogP contribution in [0.3, 0.4) is 0 Å². The van der Waals surface area contributed by atoms with Crippen molar-refractivity contribution in [2.24, 2.45) is 12.0 Å². The first kappa shape index (κ1) is 18.5. The first-order chi connectivity index (χ1) is 11.9. The van der Waals surface area contributed by atoms with Gasteiger partial charge < -0.3 is 10.2 Å². The van der Waals surface area contributed by atoms with Gasteiger partial charge in [0.1, 0.15) is 0 Å². The first-order valence-corrected chi connectivity index (χ1v) is 8.37. The summed E-state index contributed by atoms with van der Waals surface area (Å²) < 4.78 is 1.86. The topological polar surface area (TPSA) is 69.2 Å². The molecule has 2 aromatic rings. The number of aromatic nitrogens is 2. The Morgan fingerprint density at radius 2 is 2.20 bits per heavy atom. The molecule has 0 aliphatic heterocycles. The van der Waals surface area contributed by atoms with Gasteiger partial charge >= 0.3 is 0 Å². The second-order valence-corrected chi connectivity index (χ2v) is 6.44. The standard InChI is InChI=1S/C19H26N6/c1-14(2)18-17(13-25(5)23-18)12-24(4)19(21-3)22-11-16-8-6-7-15(9-16)10-20/h6-9,13-14H,11-12H2,1-5H3,(H,21,22). The molecule has 0 amide bonds. The van der Waals surface area contributed by atoms with E-state index in [1.807, 2.05) is 37.0 Å². The molecule has 0 aliphatic carbocycles. The van der Waals surface area contributed by atoms with Crippen molar-refractivity contribution in [2.75, 3.05) is 14.1 Å². The number of benzene rings is 1. The van der Waals surface area contributed by atoms with Gasteiger partial charge in [0.05, 0.1) is 17.3 Å². The summed E-state index contributed by atoms with van der Waals surface area (Å²) in [7, 11) is 5.74. The quantitative estimate of drug-likeness (QED) is 0.672. The number of nitrogens with one attached hydrogen (secondary N) is 1. The predicted molar refractivity (Wildman–Crippen MR) is 100 cm³/mol. The highest BCUT2D eigenvalue weighted by molar-refractivity contribution is 5.79. The van der Waals surface area contributed by atoms with Gasteiger partial charge in [0.25, 0.3) is 0 Å². The molecule has 0 radical (unpaired) electrons. The first-order valence-electron chi connectivity index (χ1n) is 8.37. The third-order valence-electron chi connectivity index (χ3n) is 3.97. The zero-order valence-electron chi connectivity index (χ0n) is 15.6. The van der Waals surface area contributed by atoms with Gasteiger partial charge in [-0.25, -0.2) is 0 Å². The van der Waals surface area contributed by atoms with E-state index in [4.69, 9.17) is 5.26 Å². The molecule has 1 aromatic heterocycles. The summed E-state index contributed by atoms with van der Waals surface area (Å²) in [5.74, 6) is 1.19. The third kappa shape index (κ3) is 4.83. The molecule has 6 heteroatoms. The number of rotatable bonds is 5. The molecule has 0 unspecified atom stereocenters. The van der Waals surface area contributed by atoms with Gasteiger partial charge in [-0.15, -0.1) is 0 Å². The molecular formula is C19H26N6. The van der Waals surface area contributed by atoms with Crippen molar-refractivity contribution in [3.63, 3.8) is 0 Å². The second-order valence-electron chi connectivity index (χ2n) is 6.44. The van der Waals surface area contributed by atoms with Crippen LogP contribution in [0.2, 0.25) is 0 Å². The van der Waals surface area contributed by atoms with Crippen molar-refractivity contribution in [1.82, 2.24) is 20.0 Å². The number of nitrogens with zero attached hydrogens (tertiary/aromatic N) is 5. The molecule has 0 fully saturated rings. The van der Waals surface area contributed by atoms with Crippen LogP contribution in [0.25, 0.3) is 0 Å². The maximum absolute atomic E-state index is 9.00. The van der Waals surface area contributed by atoms with E-state index in [1.54, 1.807) is 13.1 Å². The van der Waals surface area contributed by atoms with E-state index in [9.17, 15) is 0 Å². The lowest BCUT2D eigenvalue weighted by molar-refractivity contribution is 0.473. The summed E-state index contributed by atoms with van der Waals surface area (Å²) in [4.78, 5) is 6.44. The Balaban J connectivity index is 2.04. The highest BCUT2D eigenvalue weighted by atomic mass is 15.3. The lowest BCUT2D eigenvalue weighted by Gasteiger charge is -2.22. The normalized spacial score (nSPS) is 11.5. The van der Waals surface area contributed by atoms with Crippen LogP contribution in [0.15, 0.2) is 35.5 Å². The van der Waals surface area contributed by atoms with Crippen LogP contribution in [0.1, 0.15) is 42.1 Å². The molecule has 0 spiro atoms. The fourth-order valence-electron chi connectivity index (χ4n) is 2.81. The van der Waals surface area contributed by atoms with E-state index < -0.39 is 0 Å². The number of hydrogen-bond donors (Lipinski definition) is 1. The van der Waals surface area contributed by atoms with Crippen molar-refractivity contribution in [2.45, 2.75) is 32.9 Å². The van der Waals surface area contributed by atoms with Gasteiger partial charge in [-0.1, -0.05) is 26.0 Å². The van der Waals surface area contributed by atoms with Gasteiger partial charge in [0.15, 0.2) is 5.96 Å². The Kier molecular flexibility index (Phi) is 6.18. The highest BCUT2D eigenvalue weighted by Crippen LogP contribution is 2.18. The Morgan fingerprint density at radius 3 is 2.84 bits per heavy atom. The van der Waals surface area contributed by atoms with Crippen molar-refractivity contribution >= 4 is 5.96 Å². The molecule has 0 saturated heterocycles. The molecule has 0 saturated carbocycles. The molecule has 25 heavy (non-hydrogen) atoms. The van der Waals surface area contributed by atoms with Crippen molar-refractivity contribution in [1.29, 1.82) is 5.26 Å². The van der Waals surface area contributed by atoms with Crippen molar-refractivity contribution in [3.05, 3.63) is 52.8 Å². The molecular weight excluding hydrogens is 312 g/mol. The molecule has 0 aliphatic rings. The number of aliphatic imine (C=N–C) groups is 1. The van der Waals surface area contributed by atoms with Crippen LogP contribution in [0.4, 0.5) is 0 Å². The SMILES string of the molecule is CN=C(NCc1cccc(C#N)c1)N(C)Cc1cn(C)nc1C(C)C. The van der Waals surface area contributed by atoms with Crippen molar-refractivity contribution < 1.29 is 0 Å². The van der Waals surface area contributed by atoms with Gasteiger partial charge in [0.2, 0.25) is 0 Å². The van der Waals surface area contributed by atoms with Crippen LogP contribution < -0.4 is 5.32 Å². The third-order valence-corrected chi connectivity index (χ3v) is 3.97. The van der Waals surface area contributed by atoms with Crippen LogP contribution in [0, 0.1) is 11.3 Å². The fourth-order valence-corrected chi connectivity index (χ4v) is 2.81. The molecule has 132 valence electrons. The predicted octanol–water partition coefficient (Wildman–Crippen LogP) is 2.62. The van der Waals surface area contributed by atoms with Gasteiger partial charge in [-0.2, -0.15) is 10.4 Å². The number of aryl methyl sites for hydroxylation is 1. The van der Waals surface area contributed by atoms with E-state index in [1.165, 1.54) is 5.56 Å². The number of hydrogen-bond acceptors (Lipinski definition) is 3. The minimum atomic E-state index is 0.383. The molecule has 2 rings (SSSR count). The van der Waals surface area contributed by atoms with Gasteiger partial charge in [0, 0.05) is 46.0 Å². The largest absolute Gasteiger partial charge is 0.352 e. The van der Waals surface area contributed by atoms with E-state index in [-0.39, 0.29) is 0 Å². The zero-order chi connectivity index (χ0) is 18.4. The Bertz CT molecular complexity index is 781. The van der Waals surface area contributed by atoms with Gasteiger partial charge in [-0.3, -0.25) is 9.67 Å². The minimum Gasteiger partial charge on any atom is -0.352 e. The Labute approximate surface area is 149 Å². The van der Waals surface area contributed by atoms with Gasteiger partial charge in [-0.05, 0) is 23.6 Å². The average molecular weight is 338 g/mol. The molecule has 1 N–H and O–H groups in total. The van der Waals surface area contributed by atoms with Crippen LogP contribution in [-0.2, 0) is 20.1 Å². The fraction of sp³-hybridized carbons (Fsp3) is 0.421. The smallest absolute Gasteiger partial charge is 0.193 e. The summed E-state index contributed by atoms with van der Waals surface area (Å²) >= 11 is 0. The molecule has 0 bridgehead atoms. The van der Waals surface area contributed by atoms with E-state index in [0.717, 1.165) is 23.8 Å². The summed E-state index contributed by atoms with van der Waals surface area (Å²) in [5, 5.41) is 16.9. The van der Waals surface area contributed by atoms with E-state index in [2.05, 4.69) is 46.4 Å². The summed E-state index contributed by atoms with van der Waals surface area (Å²) in [5.41, 5.74) is 4.04. The molecule has 1 heterocycles. The molecule has 6 nitrogen and oxygen atoms in total. The lowest BCUT2D eigenvalue weighted by Crippen LogP contribution is -2.38. The zero-order valence-corrected chi connectivity index (χ0v) is 15.6.